The molecular formula is C25H24N4O2S. The van der Waals surface area contributed by atoms with Gasteiger partial charge in [-0.1, -0.05) is 60.3 Å². The smallest absolute Gasteiger partial charge is 0.242 e. The standard InChI is InChI=1S/C25H24N4O2S/c1-17-13-18(2)15-20(14-17)27-24(30)23(19-9-5-4-6-10-19)32-25-28-26-16-29(25)21-11-7-8-12-22(21)31-3/h4-16,23H,1-3H3,(H,27,30). The molecule has 32 heavy (non-hydrogen) atoms. The molecule has 1 atom stereocenters. The third kappa shape index (κ3) is 4.84. The van der Waals surface area contributed by atoms with Crippen molar-refractivity contribution in [3.05, 3.63) is 95.8 Å². The Morgan fingerprint density at radius 1 is 1.00 bits per heavy atom. The van der Waals surface area contributed by atoms with E-state index in [0.717, 1.165) is 28.1 Å². The second kappa shape index (κ2) is 9.70. The maximum Gasteiger partial charge on any atom is 0.242 e. The summed E-state index contributed by atoms with van der Waals surface area (Å²) in [6, 6.07) is 23.3. The van der Waals surface area contributed by atoms with Crippen molar-refractivity contribution in [2.75, 3.05) is 12.4 Å². The molecule has 4 aromatic rings. The number of carbonyl (C=O) groups excluding carboxylic acids is 1. The summed E-state index contributed by atoms with van der Waals surface area (Å²) in [7, 11) is 1.63. The molecule has 1 aromatic heterocycles. The van der Waals surface area contributed by atoms with E-state index in [0.29, 0.717) is 10.9 Å². The van der Waals surface area contributed by atoms with E-state index < -0.39 is 5.25 Å². The van der Waals surface area contributed by atoms with Crippen LogP contribution < -0.4 is 10.1 Å². The number of nitrogens with one attached hydrogen (secondary N) is 1. The number of thioether (sulfide) groups is 1. The van der Waals surface area contributed by atoms with Crippen LogP contribution in [0.1, 0.15) is 21.9 Å². The van der Waals surface area contributed by atoms with Crippen LogP contribution in [0.5, 0.6) is 5.75 Å². The van der Waals surface area contributed by atoms with Crippen LogP contribution in [0, 0.1) is 13.8 Å². The number of hydrogen-bond acceptors (Lipinski definition) is 5. The van der Waals surface area contributed by atoms with Gasteiger partial charge in [-0.2, -0.15) is 0 Å². The number of benzene rings is 3. The van der Waals surface area contributed by atoms with Crippen LogP contribution in [0.3, 0.4) is 0 Å². The Morgan fingerprint density at radius 3 is 2.41 bits per heavy atom. The molecule has 0 spiro atoms. The van der Waals surface area contributed by atoms with Gasteiger partial charge in [0.25, 0.3) is 0 Å². The zero-order chi connectivity index (χ0) is 22.5. The number of amides is 1. The van der Waals surface area contributed by atoms with Gasteiger partial charge >= 0.3 is 0 Å². The zero-order valence-electron chi connectivity index (χ0n) is 18.1. The summed E-state index contributed by atoms with van der Waals surface area (Å²) in [4.78, 5) is 13.4. The van der Waals surface area contributed by atoms with Crippen molar-refractivity contribution < 1.29 is 9.53 Å². The molecule has 0 aliphatic rings. The molecule has 1 amide bonds. The summed E-state index contributed by atoms with van der Waals surface area (Å²) in [6.07, 6.45) is 1.63. The molecule has 1 N–H and O–H groups in total. The number of anilines is 1. The molecule has 0 radical (unpaired) electrons. The zero-order valence-corrected chi connectivity index (χ0v) is 19.0. The number of methoxy groups -OCH3 is 1. The number of ether oxygens (including phenoxy) is 1. The summed E-state index contributed by atoms with van der Waals surface area (Å²) >= 11 is 1.35. The Hall–Kier alpha value is -3.58. The molecule has 162 valence electrons. The minimum Gasteiger partial charge on any atom is -0.495 e. The van der Waals surface area contributed by atoms with Crippen molar-refractivity contribution in [3.63, 3.8) is 0 Å². The minimum absolute atomic E-state index is 0.124. The van der Waals surface area contributed by atoms with Crippen LogP contribution in [0.2, 0.25) is 0 Å². The van der Waals surface area contributed by atoms with Crippen LogP contribution >= 0.6 is 11.8 Å². The van der Waals surface area contributed by atoms with Crippen LogP contribution in [0.4, 0.5) is 5.69 Å². The third-order valence-corrected chi connectivity index (χ3v) is 6.13. The van der Waals surface area contributed by atoms with Gasteiger partial charge in [-0.15, -0.1) is 10.2 Å². The summed E-state index contributed by atoms with van der Waals surface area (Å²) in [5, 5.41) is 11.5. The second-order valence-corrected chi connectivity index (χ2v) is 8.50. The summed E-state index contributed by atoms with van der Waals surface area (Å²) in [5.41, 5.74) is 4.67. The van der Waals surface area contributed by atoms with Crippen LogP contribution in [0.15, 0.2) is 84.3 Å². The highest BCUT2D eigenvalue weighted by Crippen LogP contribution is 2.37. The monoisotopic (exact) mass is 444 g/mol. The number of para-hydroxylation sites is 2. The molecule has 0 saturated carbocycles. The van der Waals surface area contributed by atoms with Gasteiger partial charge in [0, 0.05) is 5.69 Å². The largest absolute Gasteiger partial charge is 0.495 e. The quantitative estimate of drug-likeness (QED) is 0.388. The Bertz CT molecular complexity index is 1200. The Kier molecular flexibility index (Phi) is 6.56. The van der Waals surface area contributed by atoms with Gasteiger partial charge in [-0.05, 0) is 54.8 Å². The molecule has 1 heterocycles. The first-order valence-electron chi connectivity index (χ1n) is 10.2. The van der Waals surface area contributed by atoms with E-state index >= 15 is 0 Å². The van der Waals surface area contributed by atoms with E-state index in [9.17, 15) is 4.79 Å². The van der Waals surface area contributed by atoms with Gasteiger partial charge in [0.15, 0.2) is 5.16 Å². The molecule has 7 heteroatoms. The topological polar surface area (TPSA) is 69.0 Å². The lowest BCUT2D eigenvalue weighted by atomic mass is 10.1. The van der Waals surface area contributed by atoms with Gasteiger partial charge in [0.05, 0.1) is 12.8 Å². The van der Waals surface area contributed by atoms with E-state index in [2.05, 4.69) is 21.6 Å². The summed E-state index contributed by atoms with van der Waals surface area (Å²) < 4.78 is 7.33. The van der Waals surface area contributed by atoms with E-state index in [-0.39, 0.29) is 5.91 Å². The lowest BCUT2D eigenvalue weighted by molar-refractivity contribution is -0.115. The predicted octanol–water partition coefficient (Wildman–Crippen LogP) is 5.36. The first kappa shape index (κ1) is 21.6. The number of aryl methyl sites for hydroxylation is 2. The molecule has 4 rings (SSSR count). The van der Waals surface area contributed by atoms with Crippen LogP contribution in [0.25, 0.3) is 5.69 Å². The molecule has 0 bridgehead atoms. The number of rotatable bonds is 7. The Morgan fingerprint density at radius 2 is 1.69 bits per heavy atom. The van der Waals surface area contributed by atoms with Crippen molar-refractivity contribution in [1.29, 1.82) is 0 Å². The number of carbonyl (C=O) groups is 1. The highest BCUT2D eigenvalue weighted by Gasteiger charge is 2.25. The number of aromatic nitrogens is 3. The molecule has 3 aromatic carbocycles. The van der Waals surface area contributed by atoms with Crippen LogP contribution in [-0.4, -0.2) is 27.8 Å². The fourth-order valence-electron chi connectivity index (χ4n) is 3.56. The maximum atomic E-state index is 13.4. The SMILES string of the molecule is COc1ccccc1-n1cnnc1SC(C(=O)Nc1cc(C)cc(C)c1)c1ccccc1. The molecule has 0 aliphatic heterocycles. The fourth-order valence-corrected chi connectivity index (χ4v) is 4.58. The normalized spacial score (nSPS) is 11.7. The number of nitrogens with zero attached hydrogens (tertiary/aromatic N) is 3. The molecule has 0 aliphatic carbocycles. The molecule has 0 fully saturated rings. The van der Waals surface area contributed by atoms with Gasteiger partial charge in [-0.3, -0.25) is 9.36 Å². The maximum absolute atomic E-state index is 13.4. The van der Waals surface area contributed by atoms with Gasteiger partial charge in [0.2, 0.25) is 5.91 Å². The van der Waals surface area contributed by atoms with Gasteiger partial charge in [0.1, 0.15) is 17.3 Å². The van der Waals surface area contributed by atoms with Crippen molar-refractivity contribution in [2.45, 2.75) is 24.3 Å². The van der Waals surface area contributed by atoms with E-state index in [1.807, 2.05) is 85.1 Å². The lowest BCUT2D eigenvalue weighted by Crippen LogP contribution is -2.19. The van der Waals surface area contributed by atoms with E-state index in [1.165, 1.54) is 11.8 Å². The average molecular weight is 445 g/mol. The third-order valence-electron chi connectivity index (χ3n) is 4.91. The fraction of sp³-hybridized carbons (Fsp3) is 0.160. The van der Waals surface area contributed by atoms with Gasteiger partial charge < -0.3 is 10.1 Å². The average Bonchev–Trinajstić information content (AvgIpc) is 3.25. The first-order chi connectivity index (χ1) is 15.5. The van der Waals surface area contributed by atoms with E-state index in [4.69, 9.17) is 4.74 Å². The Labute approximate surface area is 191 Å². The summed E-state index contributed by atoms with van der Waals surface area (Å²) in [6.45, 7) is 4.03. The highest BCUT2D eigenvalue weighted by molar-refractivity contribution is 8.00. The van der Waals surface area contributed by atoms with E-state index in [1.54, 1.807) is 13.4 Å². The second-order valence-electron chi connectivity index (χ2n) is 7.43. The van der Waals surface area contributed by atoms with Crippen molar-refractivity contribution in [3.8, 4) is 11.4 Å². The highest BCUT2D eigenvalue weighted by atomic mass is 32.2. The predicted molar refractivity (Wildman–Crippen MR) is 127 cm³/mol. The molecule has 0 saturated heterocycles. The molecule has 1 unspecified atom stereocenters. The van der Waals surface area contributed by atoms with Gasteiger partial charge in [-0.25, -0.2) is 0 Å². The molecule has 6 nitrogen and oxygen atoms in total. The number of hydrogen-bond donors (Lipinski definition) is 1. The minimum atomic E-state index is -0.519. The van der Waals surface area contributed by atoms with Crippen molar-refractivity contribution in [2.24, 2.45) is 0 Å². The van der Waals surface area contributed by atoms with Crippen molar-refractivity contribution >= 4 is 23.4 Å². The summed E-state index contributed by atoms with van der Waals surface area (Å²) in [5.74, 6) is 0.575. The first-order valence-corrected chi connectivity index (χ1v) is 11.1. The van der Waals surface area contributed by atoms with Crippen LogP contribution in [-0.2, 0) is 4.79 Å². The molecular weight excluding hydrogens is 420 g/mol. The van der Waals surface area contributed by atoms with Crippen molar-refractivity contribution in [1.82, 2.24) is 14.8 Å². The lowest BCUT2D eigenvalue weighted by Gasteiger charge is -2.18. The Balaban J connectivity index is 1.67.